The van der Waals surface area contributed by atoms with Gasteiger partial charge in [0.25, 0.3) is 0 Å². The van der Waals surface area contributed by atoms with E-state index in [4.69, 9.17) is 5.10 Å². The highest BCUT2D eigenvalue weighted by Gasteiger charge is 2.47. The first-order chi connectivity index (χ1) is 19.5. The van der Waals surface area contributed by atoms with Crippen molar-refractivity contribution in [2.24, 2.45) is 11.8 Å². The van der Waals surface area contributed by atoms with Gasteiger partial charge in [-0.15, -0.1) is 0 Å². The maximum absolute atomic E-state index is 13.7. The van der Waals surface area contributed by atoms with Gasteiger partial charge in [-0.3, -0.25) is 4.79 Å². The molecule has 204 valence electrons. The molecule has 1 saturated heterocycles. The lowest BCUT2D eigenvalue weighted by Gasteiger charge is -2.31. The van der Waals surface area contributed by atoms with E-state index in [-0.39, 0.29) is 29.5 Å². The van der Waals surface area contributed by atoms with Crippen molar-refractivity contribution in [3.63, 3.8) is 0 Å². The molecular weight excluding hydrogens is 503 g/mol. The molecule has 2 saturated carbocycles. The third-order valence-electron chi connectivity index (χ3n) is 8.84. The molecule has 2 atom stereocenters. The first-order valence-electron chi connectivity index (χ1n) is 14.3. The number of benzene rings is 2. The number of nitrogens with one attached hydrogen (secondary N) is 1. The molecule has 0 radical (unpaired) electrons. The van der Waals surface area contributed by atoms with Crippen molar-refractivity contribution in [2.75, 3.05) is 18.0 Å². The Morgan fingerprint density at radius 2 is 1.62 bits per heavy atom. The molecule has 1 aromatic heterocycles. The summed E-state index contributed by atoms with van der Waals surface area (Å²) in [6.07, 6.45) is 8.75. The number of amides is 1. The third kappa shape index (κ3) is 5.19. The van der Waals surface area contributed by atoms with Crippen LogP contribution in [0.25, 0.3) is 16.8 Å². The van der Waals surface area contributed by atoms with Gasteiger partial charge in [0.1, 0.15) is 11.4 Å². The molecule has 6 rings (SSSR count). The number of aromatic nitrogens is 2. The zero-order valence-corrected chi connectivity index (χ0v) is 22.5. The van der Waals surface area contributed by atoms with E-state index < -0.39 is 5.54 Å². The van der Waals surface area contributed by atoms with Gasteiger partial charge in [0.05, 0.1) is 23.5 Å². The van der Waals surface area contributed by atoms with Gasteiger partial charge >= 0.3 is 0 Å². The van der Waals surface area contributed by atoms with Crippen LogP contribution in [-0.4, -0.2) is 34.3 Å². The van der Waals surface area contributed by atoms with E-state index in [9.17, 15) is 19.7 Å². The number of piperidine rings is 1. The Morgan fingerprint density at radius 3 is 2.27 bits per heavy atom. The van der Waals surface area contributed by atoms with Gasteiger partial charge in [-0.2, -0.15) is 15.6 Å². The predicted molar refractivity (Wildman–Crippen MR) is 150 cm³/mol. The second-order valence-electron chi connectivity index (χ2n) is 11.5. The van der Waals surface area contributed by atoms with Crippen molar-refractivity contribution >= 4 is 11.6 Å². The number of hydrogen-bond donors (Lipinski definition) is 1. The van der Waals surface area contributed by atoms with Crippen LogP contribution >= 0.6 is 0 Å². The van der Waals surface area contributed by atoms with E-state index in [2.05, 4.69) is 46.6 Å². The summed E-state index contributed by atoms with van der Waals surface area (Å²) in [5, 5.41) is 26.8. The fraction of sp³-hybridized carbons (Fsp3) is 0.438. The van der Waals surface area contributed by atoms with Gasteiger partial charge in [0, 0.05) is 48.3 Å². The van der Waals surface area contributed by atoms with Crippen LogP contribution in [0.3, 0.4) is 0 Å². The van der Waals surface area contributed by atoms with Crippen LogP contribution in [0.1, 0.15) is 63.0 Å². The highest BCUT2D eigenvalue weighted by molar-refractivity contribution is 5.82. The average molecular weight is 537 g/mol. The summed E-state index contributed by atoms with van der Waals surface area (Å²) < 4.78 is 15.5. The maximum Gasteiger partial charge on any atom is 0.225 e. The summed E-state index contributed by atoms with van der Waals surface area (Å²) in [6.45, 7) is 1.74. The van der Waals surface area contributed by atoms with Crippen LogP contribution in [-0.2, 0) is 4.79 Å². The molecule has 3 fully saturated rings. The van der Waals surface area contributed by atoms with E-state index in [1.807, 2.05) is 6.20 Å². The lowest BCUT2D eigenvalue weighted by Crippen LogP contribution is -2.42. The standard InChI is InChI=1S/C32H33FN6O/c33-24-7-11-26(12-8-24)39-20-29(23-5-9-25(10-6-23)38-17-13-22(19-34)14-18-38)30(37-39)27-3-1-2-4-28(27)31(40)36-32(21-35)15-16-32/h5-12,20,22,27-28H,1-4,13-18H2,(H,36,40)/t27-,28?/m1/s1. The molecule has 1 N–H and O–H groups in total. The molecule has 2 aromatic carbocycles. The number of anilines is 1. The first kappa shape index (κ1) is 26.1. The van der Waals surface area contributed by atoms with E-state index in [0.29, 0.717) is 12.8 Å². The van der Waals surface area contributed by atoms with Crippen molar-refractivity contribution in [3.8, 4) is 29.0 Å². The normalized spacial score (nSPS) is 22.2. The number of carbonyl (C=O) groups excluding carboxylic acids is 1. The molecule has 1 unspecified atom stereocenters. The molecule has 3 aliphatic rings. The number of nitrogens with zero attached hydrogens (tertiary/aromatic N) is 5. The van der Waals surface area contributed by atoms with Crippen LogP contribution in [0.5, 0.6) is 0 Å². The Balaban J connectivity index is 1.33. The van der Waals surface area contributed by atoms with Crippen LogP contribution in [0.2, 0.25) is 0 Å². The summed E-state index contributed by atoms with van der Waals surface area (Å²) in [5.74, 6) is -0.553. The number of halogens is 1. The molecular formula is C32H33FN6O. The predicted octanol–water partition coefficient (Wildman–Crippen LogP) is 5.86. The molecule has 2 aliphatic carbocycles. The molecule has 1 aliphatic heterocycles. The molecule has 2 heterocycles. The van der Waals surface area contributed by atoms with E-state index in [0.717, 1.165) is 79.8 Å². The van der Waals surface area contributed by atoms with Crippen LogP contribution < -0.4 is 10.2 Å². The van der Waals surface area contributed by atoms with Crippen LogP contribution in [0, 0.1) is 40.3 Å². The fourth-order valence-corrected chi connectivity index (χ4v) is 6.22. The smallest absolute Gasteiger partial charge is 0.225 e. The minimum atomic E-state index is -0.701. The van der Waals surface area contributed by atoms with Crippen molar-refractivity contribution in [1.82, 2.24) is 15.1 Å². The van der Waals surface area contributed by atoms with Crippen molar-refractivity contribution in [2.45, 2.75) is 62.8 Å². The van der Waals surface area contributed by atoms with Gasteiger partial charge < -0.3 is 10.2 Å². The number of nitriles is 2. The van der Waals surface area contributed by atoms with Crippen molar-refractivity contribution in [3.05, 3.63) is 66.2 Å². The largest absolute Gasteiger partial charge is 0.371 e. The van der Waals surface area contributed by atoms with E-state index in [1.165, 1.54) is 12.1 Å². The SMILES string of the molecule is N#CC1CCN(c2ccc(-c3cn(-c4ccc(F)cc4)nc3[C@@H]3CCCCC3C(=O)NC3(C#N)CC3)cc2)CC1. The quantitative estimate of drug-likeness (QED) is 0.425. The van der Waals surface area contributed by atoms with Crippen LogP contribution in [0.4, 0.5) is 10.1 Å². The Morgan fingerprint density at radius 1 is 0.950 bits per heavy atom. The number of rotatable bonds is 6. The van der Waals surface area contributed by atoms with E-state index in [1.54, 1.807) is 16.8 Å². The van der Waals surface area contributed by atoms with Gasteiger partial charge in [-0.25, -0.2) is 9.07 Å². The van der Waals surface area contributed by atoms with Crippen molar-refractivity contribution in [1.29, 1.82) is 10.5 Å². The second-order valence-corrected chi connectivity index (χ2v) is 11.5. The lowest BCUT2D eigenvalue weighted by atomic mass is 9.75. The van der Waals surface area contributed by atoms with Gasteiger partial charge in [0.15, 0.2) is 0 Å². The lowest BCUT2D eigenvalue weighted by molar-refractivity contribution is -0.127. The Labute approximate surface area is 234 Å². The highest BCUT2D eigenvalue weighted by atomic mass is 19.1. The van der Waals surface area contributed by atoms with Gasteiger partial charge in [-0.1, -0.05) is 25.0 Å². The van der Waals surface area contributed by atoms with Crippen LogP contribution in [0.15, 0.2) is 54.7 Å². The van der Waals surface area contributed by atoms with Gasteiger partial charge in [0.2, 0.25) is 5.91 Å². The molecule has 40 heavy (non-hydrogen) atoms. The number of carbonyl (C=O) groups is 1. The zero-order chi connectivity index (χ0) is 27.7. The summed E-state index contributed by atoms with van der Waals surface area (Å²) in [5.41, 5.74) is 4.03. The molecule has 1 amide bonds. The molecule has 3 aromatic rings. The highest BCUT2D eigenvalue weighted by Crippen LogP contribution is 2.43. The number of hydrogen-bond acceptors (Lipinski definition) is 5. The monoisotopic (exact) mass is 536 g/mol. The molecule has 0 spiro atoms. The Hall–Kier alpha value is -4.17. The summed E-state index contributed by atoms with van der Waals surface area (Å²) in [6, 6.07) is 19.4. The second kappa shape index (κ2) is 10.8. The Kier molecular flexibility index (Phi) is 7.02. The molecule has 8 heteroatoms. The average Bonchev–Trinajstić information content (AvgIpc) is 3.64. The zero-order valence-electron chi connectivity index (χ0n) is 22.5. The third-order valence-corrected chi connectivity index (χ3v) is 8.84. The fourth-order valence-electron chi connectivity index (χ4n) is 6.22. The van der Waals surface area contributed by atoms with E-state index >= 15 is 0 Å². The minimum Gasteiger partial charge on any atom is -0.371 e. The van der Waals surface area contributed by atoms with Crippen molar-refractivity contribution < 1.29 is 9.18 Å². The summed E-state index contributed by atoms with van der Waals surface area (Å²) in [4.78, 5) is 15.8. The summed E-state index contributed by atoms with van der Waals surface area (Å²) in [7, 11) is 0. The van der Waals surface area contributed by atoms with Gasteiger partial charge in [-0.05, 0) is 80.5 Å². The minimum absolute atomic E-state index is 0.0536. The Bertz CT molecular complexity index is 1450. The molecule has 0 bridgehead atoms. The maximum atomic E-state index is 13.7. The summed E-state index contributed by atoms with van der Waals surface area (Å²) >= 11 is 0. The molecule has 7 nitrogen and oxygen atoms in total. The first-order valence-corrected chi connectivity index (χ1v) is 14.3. The topological polar surface area (TPSA) is 97.7 Å².